The van der Waals surface area contributed by atoms with Gasteiger partial charge >= 0.3 is 19.8 Å². The van der Waals surface area contributed by atoms with Crippen LogP contribution in [-0.4, -0.2) is 71.7 Å². The van der Waals surface area contributed by atoms with Crippen molar-refractivity contribution in [3.05, 3.63) is 95.6 Å². The topological polar surface area (TPSA) is 188 Å². The van der Waals surface area contributed by atoms with E-state index in [1.807, 2.05) is 42.5 Å². The average molecular weight is 890 g/mol. The lowest BCUT2D eigenvalue weighted by Crippen LogP contribution is -2.29. The number of hydrogen-bond donors (Lipinski definition) is 4. The highest BCUT2D eigenvalue weighted by molar-refractivity contribution is 7.47. The second kappa shape index (κ2) is 37.1. The zero-order chi connectivity index (χ0) is 45.7. The molecule has 1 rings (SSSR count). The summed E-state index contributed by atoms with van der Waals surface area (Å²) < 4.78 is 38.9. The van der Waals surface area contributed by atoms with Crippen LogP contribution in [0.1, 0.15) is 152 Å². The monoisotopic (exact) mass is 890 g/mol. The zero-order valence-electron chi connectivity index (χ0n) is 38.3. The van der Waals surface area contributed by atoms with Crippen LogP contribution in [0.4, 0.5) is 0 Å². The van der Waals surface area contributed by atoms with Gasteiger partial charge in [0.15, 0.2) is 6.10 Å². The molecule has 352 valence electrons. The third kappa shape index (κ3) is 30.7. The van der Waals surface area contributed by atoms with Crippen LogP contribution in [0, 0.1) is 13.8 Å². The van der Waals surface area contributed by atoms with Crippen LogP contribution in [0.5, 0.6) is 0 Å². The second-order valence-corrected chi connectivity index (χ2v) is 17.0. The Morgan fingerprint density at radius 3 is 1.97 bits per heavy atom. The molecule has 5 N–H and O–H groups in total. The highest BCUT2D eigenvalue weighted by Crippen LogP contribution is 2.43. The number of furan rings is 1. The molecule has 0 fully saturated rings. The van der Waals surface area contributed by atoms with Crippen molar-refractivity contribution in [2.75, 3.05) is 26.4 Å². The first-order valence-corrected chi connectivity index (χ1v) is 24.5. The predicted octanol–water partition coefficient (Wildman–Crippen LogP) is 10.6. The van der Waals surface area contributed by atoms with E-state index in [9.17, 15) is 29.3 Å². The van der Waals surface area contributed by atoms with E-state index in [2.05, 4.69) is 27.7 Å². The van der Waals surface area contributed by atoms with Gasteiger partial charge in [0, 0.05) is 32.2 Å². The highest BCUT2D eigenvalue weighted by atomic mass is 31.2. The van der Waals surface area contributed by atoms with Crippen LogP contribution < -0.4 is 5.73 Å². The number of rotatable bonds is 38. The molecule has 0 aromatic carbocycles. The Kier molecular flexibility index (Phi) is 33.9. The molecular weight excluding hydrogens is 810 g/mol. The Labute approximate surface area is 373 Å². The molecule has 4 atom stereocenters. The summed E-state index contributed by atoms with van der Waals surface area (Å²) in [6.07, 6.45) is 36.9. The van der Waals surface area contributed by atoms with Crippen LogP contribution in [-0.2, 0) is 45.5 Å². The number of hydrogen-bond acceptors (Lipinski definition) is 11. The third-order valence-electron chi connectivity index (χ3n) is 9.98. The fourth-order valence-electron chi connectivity index (χ4n) is 6.26. The van der Waals surface area contributed by atoms with Gasteiger partial charge in [0.1, 0.15) is 18.1 Å². The van der Waals surface area contributed by atoms with E-state index < -0.39 is 44.7 Å². The molecule has 0 radical (unpaired) electrons. The Hall–Kier alpha value is -3.35. The van der Waals surface area contributed by atoms with Gasteiger partial charge in [-0.05, 0) is 76.3 Å². The van der Waals surface area contributed by atoms with Crippen LogP contribution in [0.3, 0.4) is 0 Å². The lowest BCUT2D eigenvalue weighted by molar-refractivity contribution is -0.161. The molecule has 0 spiro atoms. The van der Waals surface area contributed by atoms with Crippen molar-refractivity contribution in [1.82, 2.24) is 0 Å². The van der Waals surface area contributed by atoms with Crippen molar-refractivity contribution in [2.24, 2.45) is 5.73 Å². The molecular formula is C49H80NO11P. The number of phosphoric acid groups is 1. The summed E-state index contributed by atoms with van der Waals surface area (Å²) in [6, 6.07) is 0. The standard InChI is InChI=1S/C49H80NO11P/c1-5-7-21-29-43(51)30-23-16-12-11-13-17-24-31-44(52)32-25-20-28-36-49(54)60-45(40-59-62(55,56)58-38-37-50)39-57-48(53)35-27-19-15-10-9-14-18-26-34-47-42(4)41(3)46(61-47)33-22-8-6-2/h7,12-13,16-17,21,23-25,30-32,43-45,51-52H,5-6,8-11,14-15,18-20,22,26-29,33-40,50H2,1-4H3,(H,55,56)/b16-12-,17-13-,21-7-,30-23+,31-24+,32-25-/t43-,44-,45+/m0/s1. The Morgan fingerprint density at radius 1 is 0.710 bits per heavy atom. The molecule has 0 saturated heterocycles. The van der Waals surface area contributed by atoms with Gasteiger partial charge in [-0.1, -0.05) is 138 Å². The van der Waals surface area contributed by atoms with Crippen molar-refractivity contribution >= 4 is 19.8 Å². The Morgan fingerprint density at radius 2 is 1.32 bits per heavy atom. The molecule has 0 amide bonds. The molecule has 1 unspecified atom stereocenters. The Bertz CT molecular complexity index is 1560. The molecule has 0 aliphatic rings. The minimum absolute atomic E-state index is 0.0103. The van der Waals surface area contributed by atoms with Crippen molar-refractivity contribution in [1.29, 1.82) is 0 Å². The summed E-state index contributed by atoms with van der Waals surface area (Å²) in [4.78, 5) is 35.0. The molecule has 12 nitrogen and oxygen atoms in total. The SMILES string of the molecule is CC/C=C\C[C@H](O)/C=C/C=C\C/C=C\C=C\[C@H](O)/C=C\CCCC(=O)O[C@H](COC(=O)CCCCCCCCCCc1oc(CCCCC)c(C)c1C)COP(=O)(O)OCCN. The van der Waals surface area contributed by atoms with Gasteiger partial charge in [0.25, 0.3) is 0 Å². The fraction of sp³-hybridized carbons (Fsp3) is 0.633. The van der Waals surface area contributed by atoms with Gasteiger partial charge in [-0.2, -0.15) is 0 Å². The summed E-state index contributed by atoms with van der Waals surface area (Å²) >= 11 is 0. The largest absolute Gasteiger partial charge is 0.472 e. The van der Waals surface area contributed by atoms with Crippen molar-refractivity contribution < 1.29 is 52.2 Å². The summed E-state index contributed by atoms with van der Waals surface area (Å²) in [5, 5.41) is 20.0. The number of carbonyl (C=O) groups is 2. The summed E-state index contributed by atoms with van der Waals surface area (Å²) in [5.41, 5.74) is 7.97. The molecule has 1 heterocycles. The van der Waals surface area contributed by atoms with Gasteiger partial charge in [-0.15, -0.1) is 0 Å². The number of allylic oxidation sites excluding steroid dienone is 8. The van der Waals surface area contributed by atoms with Gasteiger partial charge in [0.2, 0.25) is 0 Å². The van der Waals surface area contributed by atoms with Crippen molar-refractivity contribution in [3.63, 3.8) is 0 Å². The van der Waals surface area contributed by atoms with Gasteiger partial charge in [-0.3, -0.25) is 18.6 Å². The van der Waals surface area contributed by atoms with Crippen LogP contribution >= 0.6 is 7.82 Å². The number of phosphoric ester groups is 1. The van der Waals surface area contributed by atoms with E-state index in [1.54, 1.807) is 30.4 Å². The fourth-order valence-corrected chi connectivity index (χ4v) is 7.02. The normalized spacial score (nSPS) is 14.9. The van der Waals surface area contributed by atoms with E-state index in [-0.39, 0.29) is 32.6 Å². The van der Waals surface area contributed by atoms with Crippen LogP contribution in [0.2, 0.25) is 0 Å². The van der Waals surface area contributed by atoms with E-state index in [4.69, 9.17) is 28.7 Å². The molecule has 0 saturated carbocycles. The number of aryl methyl sites for hydroxylation is 2. The van der Waals surface area contributed by atoms with Crippen molar-refractivity contribution in [2.45, 2.75) is 174 Å². The molecule has 0 bridgehead atoms. The minimum atomic E-state index is -4.45. The zero-order valence-corrected chi connectivity index (χ0v) is 39.2. The number of esters is 2. The second-order valence-electron chi connectivity index (χ2n) is 15.5. The lowest BCUT2D eigenvalue weighted by Gasteiger charge is -2.19. The van der Waals surface area contributed by atoms with E-state index >= 15 is 0 Å². The molecule has 13 heteroatoms. The molecule has 0 aliphatic heterocycles. The Balaban J connectivity index is 2.36. The van der Waals surface area contributed by atoms with E-state index in [0.717, 1.165) is 62.9 Å². The number of aliphatic hydroxyl groups excluding tert-OH is 2. The molecule has 62 heavy (non-hydrogen) atoms. The number of nitrogens with two attached hydrogens (primary N) is 1. The van der Waals surface area contributed by atoms with Gasteiger partial charge in [0.05, 0.1) is 25.4 Å². The smallest absolute Gasteiger partial charge is 0.466 e. The molecule has 1 aromatic heterocycles. The molecule has 1 aromatic rings. The van der Waals surface area contributed by atoms with E-state index in [0.29, 0.717) is 32.1 Å². The first-order valence-electron chi connectivity index (χ1n) is 23.0. The first-order chi connectivity index (χ1) is 29.9. The summed E-state index contributed by atoms with van der Waals surface area (Å²) in [5.74, 6) is 1.27. The summed E-state index contributed by atoms with van der Waals surface area (Å²) in [7, 11) is -4.45. The maximum Gasteiger partial charge on any atom is 0.472 e. The molecule has 0 aliphatic carbocycles. The van der Waals surface area contributed by atoms with Crippen LogP contribution in [0.25, 0.3) is 0 Å². The highest BCUT2D eigenvalue weighted by Gasteiger charge is 2.26. The summed E-state index contributed by atoms with van der Waals surface area (Å²) in [6.45, 7) is 7.58. The maximum absolute atomic E-state index is 12.6. The predicted molar refractivity (Wildman–Crippen MR) is 249 cm³/mol. The quantitative estimate of drug-likeness (QED) is 0.0162. The number of aliphatic hydroxyl groups is 2. The first kappa shape index (κ1) is 56.7. The van der Waals surface area contributed by atoms with Gasteiger partial charge < -0.3 is 34.7 Å². The minimum Gasteiger partial charge on any atom is -0.466 e. The third-order valence-corrected chi connectivity index (χ3v) is 11.0. The van der Waals surface area contributed by atoms with Crippen molar-refractivity contribution in [3.8, 4) is 0 Å². The van der Waals surface area contributed by atoms with Crippen LogP contribution in [0.15, 0.2) is 77.3 Å². The average Bonchev–Trinajstić information content (AvgIpc) is 3.51. The van der Waals surface area contributed by atoms with Gasteiger partial charge in [-0.25, -0.2) is 4.57 Å². The number of carbonyl (C=O) groups excluding carboxylic acids is 2. The maximum atomic E-state index is 12.6. The lowest BCUT2D eigenvalue weighted by atomic mass is 10.0. The number of ether oxygens (including phenoxy) is 2. The van der Waals surface area contributed by atoms with E-state index in [1.165, 1.54) is 43.2 Å². The number of unbranched alkanes of at least 4 members (excludes halogenated alkanes) is 10.